The number of rotatable bonds is 3. The van der Waals surface area contributed by atoms with Gasteiger partial charge in [0.1, 0.15) is 0 Å². The maximum atomic E-state index is 5.94. The molecule has 2 aromatic rings. The van der Waals surface area contributed by atoms with Crippen molar-refractivity contribution in [2.24, 2.45) is 5.73 Å². The van der Waals surface area contributed by atoms with Gasteiger partial charge in [-0.3, -0.25) is 4.90 Å². The molecule has 2 N–H and O–H groups in total. The molecule has 1 aliphatic heterocycles. The minimum absolute atomic E-state index is 0.664. The Morgan fingerprint density at radius 2 is 2.05 bits per heavy atom. The van der Waals surface area contributed by atoms with Gasteiger partial charge in [0.05, 0.1) is 0 Å². The maximum absolute atomic E-state index is 5.94. The van der Waals surface area contributed by atoms with Crippen LogP contribution in [0.15, 0.2) is 24.3 Å². The van der Waals surface area contributed by atoms with Crippen molar-refractivity contribution in [3.05, 3.63) is 34.7 Å². The predicted octanol–water partition coefficient (Wildman–Crippen LogP) is 3.30. The third-order valence-electron chi connectivity index (χ3n) is 3.66. The summed E-state index contributed by atoms with van der Waals surface area (Å²) in [7, 11) is 0. The zero-order valence-corrected chi connectivity index (χ0v) is 12.7. The Kier molecular flexibility index (Phi) is 4.43. The normalized spacial score (nSPS) is 17.7. The van der Waals surface area contributed by atoms with Crippen LogP contribution in [0.1, 0.15) is 16.9 Å². The van der Waals surface area contributed by atoms with Crippen molar-refractivity contribution in [1.29, 1.82) is 0 Å². The summed E-state index contributed by atoms with van der Waals surface area (Å²) in [6.07, 6.45) is 1.31. The Labute approximate surface area is 123 Å². The summed E-state index contributed by atoms with van der Waals surface area (Å²) in [5.41, 5.74) is 7.41. The summed E-state index contributed by atoms with van der Waals surface area (Å²) in [5, 5.41) is 1.41. The number of nitrogens with zero attached hydrogens (tertiary/aromatic N) is 1. The quantitative estimate of drug-likeness (QED) is 0.941. The minimum Gasteiger partial charge on any atom is -0.326 e. The van der Waals surface area contributed by atoms with Crippen molar-refractivity contribution in [3.8, 4) is 0 Å². The van der Waals surface area contributed by atoms with Crippen molar-refractivity contribution in [1.82, 2.24) is 4.90 Å². The smallest absolute Gasteiger partial charge is 0.0349 e. The van der Waals surface area contributed by atoms with Crippen LogP contribution in [-0.4, -0.2) is 29.5 Å². The zero-order valence-electron chi connectivity index (χ0n) is 11.1. The number of thioether (sulfide) groups is 1. The first-order valence-electron chi connectivity index (χ1n) is 6.88. The van der Waals surface area contributed by atoms with Crippen LogP contribution in [0.3, 0.4) is 0 Å². The van der Waals surface area contributed by atoms with E-state index in [-0.39, 0.29) is 0 Å². The molecule has 102 valence electrons. The first-order valence-corrected chi connectivity index (χ1v) is 8.85. The number of nitrogens with two attached hydrogens (primary N) is 1. The molecule has 4 heteroatoms. The summed E-state index contributed by atoms with van der Waals surface area (Å²) in [6, 6.07) is 8.70. The van der Waals surface area contributed by atoms with Gasteiger partial charge in [-0.2, -0.15) is 11.8 Å². The molecule has 1 fully saturated rings. The van der Waals surface area contributed by atoms with Gasteiger partial charge >= 0.3 is 0 Å². The van der Waals surface area contributed by atoms with E-state index in [0.717, 1.165) is 6.54 Å². The van der Waals surface area contributed by atoms with Gasteiger partial charge < -0.3 is 5.73 Å². The fourth-order valence-corrected chi connectivity index (χ4v) is 4.69. The van der Waals surface area contributed by atoms with Crippen LogP contribution in [0, 0.1) is 0 Å². The van der Waals surface area contributed by atoms with Gasteiger partial charge in [-0.25, -0.2) is 0 Å². The van der Waals surface area contributed by atoms with E-state index < -0.39 is 0 Å². The Balaban J connectivity index is 1.89. The van der Waals surface area contributed by atoms with Crippen LogP contribution < -0.4 is 5.73 Å². The molecular formula is C15H20N2S2. The fourth-order valence-electron chi connectivity index (χ4n) is 2.67. The topological polar surface area (TPSA) is 29.3 Å². The minimum atomic E-state index is 0.664. The molecule has 1 aromatic heterocycles. The lowest BCUT2D eigenvalue weighted by Crippen LogP contribution is -2.25. The average Bonchev–Trinajstić information content (AvgIpc) is 2.62. The standard InChI is InChI=1S/C15H20N2S2/c16-10-15-13(11-17-6-3-8-18-9-7-17)12-4-1-2-5-14(12)19-15/h1-2,4-5H,3,6-11,16H2. The van der Waals surface area contributed by atoms with Crippen LogP contribution >= 0.6 is 23.1 Å². The SMILES string of the molecule is NCc1sc2ccccc2c1CN1CCCSCC1. The molecule has 0 atom stereocenters. The van der Waals surface area contributed by atoms with E-state index in [1.54, 1.807) is 0 Å². The highest BCUT2D eigenvalue weighted by atomic mass is 32.2. The lowest BCUT2D eigenvalue weighted by atomic mass is 10.1. The average molecular weight is 292 g/mol. The highest BCUT2D eigenvalue weighted by Gasteiger charge is 2.15. The Morgan fingerprint density at radius 3 is 2.95 bits per heavy atom. The second-order valence-corrected chi connectivity index (χ2v) is 7.31. The van der Waals surface area contributed by atoms with E-state index >= 15 is 0 Å². The van der Waals surface area contributed by atoms with E-state index in [4.69, 9.17) is 5.73 Å². The molecule has 1 saturated heterocycles. The van der Waals surface area contributed by atoms with E-state index in [9.17, 15) is 0 Å². The lowest BCUT2D eigenvalue weighted by molar-refractivity contribution is 0.288. The summed E-state index contributed by atoms with van der Waals surface area (Å²) < 4.78 is 1.38. The highest BCUT2D eigenvalue weighted by Crippen LogP contribution is 2.32. The molecule has 0 bridgehead atoms. The summed E-state index contributed by atoms with van der Waals surface area (Å²) in [6.45, 7) is 4.16. The molecule has 0 radical (unpaired) electrons. The first-order chi connectivity index (χ1) is 9.38. The Hall–Kier alpha value is -0.550. The number of hydrogen-bond donors (Lipinski definition) is 1. The molecule has 2 heterocycles. The van der Waals surface area contributed by atoms with Crippen molar-refractivity contribution in [2.45, 2.75) is 19.5 Å². The Morgan fingerprint density at radius 1 is 1.16 bits per heavy atom. The monoisotopic (exact) mass is 292 g/mol. The molecule has 0 spiro atoms. The summed E-state index contributed by atoms with van der Waals surface area (Å²) in [5.74, 6) is 2.57. The molecule has 0 unspecified atom stereocenters. The van der Waals surface area contributed by atoms with Gasteiger partial charge in [-0.15, -0.1) is 11.3 Å². The molecule has 0 saturated carbocycles. The maximum Gasteiger partial charge on any atom is 0.0349 e. The van der Waals surface area contributed by atoms with Crippen molar-refractivity contribution in [2.75, 3.05) is 24.6 Å². The molecule has 2 nitrogen and oxygen atoms in total. The van der Waals surface area contributed by atoms with Crippen molar-refractivity contribution < 1.29 is 0 Å². The van der Waals surface area contributed by atoms with E-state index in [1.165, 1.54) is 51.5 Å². The van der Waals surface area contributed by atoms with Crippen LogP contribution in [0.25, 0.3) is 10.1 Å². The lowest BCUT2D eigenvalue weighted by Gasteiger charge is -2.20. The number of fused-ring (bicyclic) bond motifs is 1. The predicted molar refractivity (Wildman–Crippen MR) is 86.9 cm³/mol. The van der Waals surface area contributed by atoms with Gasteiger partial charge in [0.25, 0.3) is 0 Å². The van der Waals surface area contributed by atoms with Crippen LogP contribution in [0.5, 0.6) is 0 Å². The molecule has 3 rings (SSSR count). The molecule has 0 amide bonds. The molecular weight excluding hydrogens is 272 g/mol. The van der Waals surface area contributed by atoms with E-state index in [2.05, 4.69) is 40.9 Å². The second kappa shape index (κ2) is 6.27. The number of benzene rings is 1. The van der Waals surface area contributed by atoms with Gasteiger partial charge in [0.15, 0.2) is 0 Å². The van der Waals surface area contributed by atoms with Gasteiger partial charge in [-0.1, -0.05) is 18.2 Å². The van der Waals surface area contributed by atoms with Gasteiger partial charge in [-0.05, 0) is 35.7 Å². The summed E-state index contributed by atoms with van der Waals surface area (Å²) in [4.78, 5) is 3.95. The molecule has 1 aliphatic rings. The van der Waals surface area contributed by atoms with Crippen molar-refractivity contribution >= 4 is 33.2 Å². The highest BCUT2D eigenvalue weighted by molar-refractivity contribution is 7.99. The fraction of sp³-hybridized carbons (Fsp3) is 0.467. The third kappa shape index (κ3) is 2.97. The number of thiophene rings is 1. The third-order valence-corrected chi connectivity index (χ3v) is 5.95. The summed E-state index contributed by atoms with van der Waals surface area (Å²) >= 11 is 3.94. The van der Waals surface area contributed by atoms with E-state index in [0.29, 0.717) is 6.54 Å². The Bertz CT molecular complexity index is 542. The van der Waals surface area contributed by atoms with Crippen LogP contribution in [-0.2, 0) is 13.1 Å². The molecule has 19 heavy (non-hydrogen) atoms. The molecule has 1 aromatic carbocycles. The molecule has 0 aliphatic carbocycles. The van der Waals surface area contributed by atoms with Crippen molar-refractivity contribution in [3.63, 3.8) is 0 Å². The zero-order chi connectivity index (χ0) is 13.1. The van der Waals surface area contributed by atoms with E-state index in [1.807, 2.05) is 11.3 Å². The van der Waals surface area contributed by atoms with Crippen LogP contribution in [0.4, 0.5) is 0 Å². The number of hydrogen-bond acceptors (Lipinski definition) is 4. The first kappa shape index (κ1) is 13.4. The van der Waals surface area contributed by atoms with Gasteiger partial charge in [0, 0.05) is 35.0 Å². The van der Waals surface area contributed by atoms with Gasteiger partial charge in [0.2, 0.25) is 0 Å². The largest absolute Gasteiger partial charge is 0.326 e. The van der Waals surface area contributed by atoms with Crippen LogP contribution in [0.2, 0.25) is 0 Å². The second-order valence-electron chi connectivity index (χ2n) is 4.95.